The second kappa shape index (κ2) is 10.1. The summed E-state index contributed by atoms with van der Waals surface area (Å²) in [4.78, 5) is 33.8. The van der Waals surface area contributed by atoms with E-state index in [2.05, 4.69) is 4.98 Å². The zero-order valence-electron chi connectivity index (χ0n) is 19.0. The van der Waals surface area contributed by atoms with Gasteiger partial charge in [0, 0.05) is 38.1 Å². The number of amides is 2. The molecule has 0 bridgehead atoms. The molecule has 1 aromatic heterocycles. The van der Waals surface area contributed by atoms with Gasteiger partial charge in [-0.25, -0.2) is 4.98 Å². The van der Waals surface area contributed by atoms with Crippen molar-refractivity contribution in [2.75, 3.05) is 32.2 Å². The lowest BCUT2D eigenvalue weighted by atomic mass is 10.1. The standard InChI is InChI=1S/C25H27N3O4S/c1-17-25(30)28(15-24(29)27(2)14-18-7-5-4-6-8-18)21-13-19(9-10-22(21)32-17)20-16-33-23(26-20)11-12-31-3/h4-10,13,16-17H,11-12,14-15H2,1-3H3. The topological polar surface area (TPSA) is 72.0 Å². The normalized spacial score (nSPS) is 15.2. The number of carbonyl (C=O) groups excluding carboxylic acids is 2. The molecular weight excluding hydrogens is 438 g/mol. The Labute approximate surface area is 197 Å². The van der Waals surface area contributed by atoms with E-state index in [1.807, 2.05) is 53.9 Å². The van der Waals surface area contributed by atoms with Crippen molar-refractivity contribution in [2.45, 2.75) is 26.0 Å². The molecule has 0 fully saturated rings. The fraction of sp³-hybridized carbons (Fsp3) is 0.320. The van der Waals surface area contributed by atoms with Crippen molar-refractivity contribution in [1.29, 1.82) is 0 Å². The third-order valence-corrected chi connectivity index (χ3v) is 6.43. The van der Waals surface area contributed by atoms with Crippen LogP contribution < -0.4 is 9.64 Å². The second-order valence-electron chi connectivity index (χ2n) is 7.97. The van der Waals surface area contributed by atoms with E-state index >= 15 is 0 Å². The first-order valence-electron chi connectivity index (χ1n) is 10.8. The molecule has 172 valence electrons. The summed E-state index contributed by atoms with van der Waals surface area (Å²) < 4.78 is 10.9. The summed E-state index contributed by atoms with van der Waals surface area (Å²) in [6.45, 7) is 2.74. The number of carbonyl (C=O) groups is 2. The number of fused-ring (bicyclic) bond motifs is 1. The number of thiazole rings is 1. The third-order valence-electron chi connectivity index (χ3n) is 5.52. The van der Waals surface area contributed by atoms with Crippen LogP contribution in [0.25, 0.3) is 11.3 Å². The fourth-order valence-corrected chi connectivity index (χ4v) is 4.47. The molecule has 0 aliphatic carbocycles. The maximum atomic E-state index is 13.0. The molecule has 1 unspecified atom stereocenters. The van der Waals surface area contributed by atoms with Crippen LogP contribution in [-0.4, -0.2) is 55.1 Å². The summed E-state index contributed by atoms with van der Waals surface area (Å²) in [5, 5.41) is 2.98. The van der Waals surface area contributed by atoms with Crippen molar-refractivity contribution in [1.82, 2.24) is 9.88 Å². The highest BCUT2D eigenvalue weighted by molar-refractivity contribution is 7.09. The highest BCUT2D eigenvalue weighted by Crippen LogP contribution is 2.37. The van der Waals surface area contributed by atoms with E-state index in [4.69, 9.17) is 9.47 Å². The molecular formula is C25H27N3O4S. The Hall–Kier alpha value is -3.23. The van der Waals surface area contributed by atoms with E-state index in [0.29, 0.717) is 24.6 Å². The van der Waals surface area contributed by atoms with Gasteiger partial charge in [0.1, 0.15) is 12.3 Å². The lowest BCUT2D eigenvalue weighted by Crippen LogP contribution is -2.49. The molecule has 7 nitrogen and oxygen atoms in total. The number of rotatable bonds is 8. The van der Waals surface area contributed by atoms with Crippen LogP contribution in [0.1, 0.15) is 17.5 Å². The molecule has 1 aliphatic heterocycles. The van der Waals surface area contributed by atoms with Gasteiger partial charge < -0.3 is 14.4 Å². The number of anilines is 1. The van der Waals surface area contributed by atoms with Gasteiger partial charge in [0.15, 0.2) is 6.10 Å². The van der Waals surface area contributed by atoms with Crippen molar-refractivity contribution in [2.24, 2.45) is 0 Å². The van der Waals surface area contributed by atoms with Crippen LogP contribution in [-0.2, 0) is 27.3 Å². The smallest absolute Gasteiger partial charge is 0.268 e. The van der Waals surface area contributed by atoms with Gasteiger partial charge in [-0.15, -0.1) is 11.3 Å². The first-order valence-corrected chi connectivity index (χ1v) is 11.7. The van der Waals surface area contributed by atoms with Crippen LogP contribution >= 0.6 is 11.3 Å². The maximum absolute atomic E-state index is 13.0. The van der Waals surface area contributed by atoms with Gasteiger partial charge in [-0.05, 0) is 30.7 Å². The van der Waals surface area contributed by atoms with Crippen molar-refractivity contribution in [3.05, 3.63) is 64.5 Å². The summed E-state index contributed by atoms with van der Waals surface area (Å²) in [7, 11) is 3.42. The minimum absolute atomic E-state index is 0.0531. The summed E-state index contributed by atoms with van der Waals surface area (Å²) in [6.07, 6.45) is 0.0927. The predicted octanol–water partition coefficient (Wildman–Crippen LogP) is 3.77. The molecule has 2 heterocycles. The summed E-state index contributed by atoms with van der Waals surface area (Å²) in [6, 6.07) is 15.4. The summed E-state index contributed by atoms with van der Waals surface area (Å²) in [5.74, 6) is 0.201. The molecule has 1 atom stereocenters. The Kier molecular flexibility index (Phi) is 7.05. The minimum Gasteiger partial charge on any atom is -0.479 e. The van der Waals surface area contributed by atoms with Crippen LogP contribution in [0.4, 0.5) is 5.69 Å². The quantitative estimate of drug-likeness (QED) is 0.506. The highest BCUT2D eigenvalue weighted by Gasteiger charge is 2.33. The highest BCUT2D eigenvalue weighted by atomic mass is 32.1. The van der Waals surface area contributed by atoms with Crippen molar-refractivity contribution >= 4 is 28.8 Å². The Morgan fingerprint density at radius 1 is 1.24 bits per heavy atom. The molecule has 2 amide bonds. The first kappa shape index (κ1) is 22.9. The van der Waals surface area contributed by atoms with E-state index in [0.717, 1.165) is 28.2 Å². The molecule has 0 saturated heterocycles. The van der Waals surface area contributed by atoms with Crippen molar-refractivity contribution in [3.63, 3.8) is 0 Å². The van der Waals surface area contributed by atoms with Gasteiger partial charge in [-0.3, -0.25) is 14.5 Å². The van der Waals surface area contributed by atoms with E-state index in [9.17, 15) is 9.59 Å². The molecule has 8 heteroatoms. The molecule has 33 heavy (non-hydrogen) atoms. The lowest BCUT2D eigenvalue weighted by molar-refractivity contribution is -0.132. The van der Waals surface area contributed by atoms with Crippen LogP contribution in [0, 0.1) is 0 Å². The Morgan fingerprint density at radius 3 is 2.79 bits per heavy atom. The minimum atomic E-state index is -0.657. The zero-order chi connectivity index (χ0) is 23.4. The van der Waals surface area contributed by atoms with Gasteiger partial charge in [0.05, 0.1) is 23.0 Å². The SMILES string of the molecule is COCCc1nc(-c2ccc3c(c2)N(CC(=O)N(C)Cc2ccccc2)C(=O)C(C)O3)cs1. The molecule has 0 radical (unpaired) electrons. The monoisotopic (exact) mass is 465 g/mol. The van der Waals surface area contributed by atoms with Gasteiger partial charge in [-0.2, -0.15) is 0 Å². The Morgan fingerprint density at radius 2 is 2.03 bits per heavy atom. The second-order valence-corrected chi connectivity index (χ2v) is 8.91. The number of methoxy groups -OCH3 is 1. The number of hydrogen-bond acceptors (Lipinski definition) is 6. The van der Waals surface area contributed by atoms with Crippen molar-refractivity contribution in [3.8, 4) is 17.0 Å². The van der Waals surface area contributed by atoms with Gasteiger partial charge in [0.2, 0.25) is 5.91 Å². The van der Waals surface area contributed by atoms with Crippen LogP contribution in [0.5, 0.6) is 5.75 Å². The third kappa shape index (κ3) is 5.23. The van der Waals surface area contributed by atoms with E-state index in [1.165, 1.54) is 4.90 Å². The number of aromatic nitrogens is 1. The first-order chi connectivity index (χ1) is 16.0. The van der Waals surface area contributed by atoms with Crippen LogP contribution in [0.15, 0.2) is 53.9 Å². The van der Waals surface area contributed by atoms with E-state index in [-0.39, 0.29) is 18.4 Å². The molecule has 0 N–H and O–H groups in total. The number of hydrogen-bond donors (Lipinski definition) is 0. The maximum Gasteiger partial charge on any atom is 0.268 e. The average molecular weight is 466 g/mol. The largest absolute Gasteiger partial charge is 0.479 e. The van der Waals surface area contributed by atoms with Crippen LogP contribution in [0.2, 0.25) is 0 Å². The molecule has 3 aromatic rings. The van der Waals surface area contributed by atoms with Gasteiger partial charge >= 0.3 is 0 Å². The van der Waals surface area contributed by atoms with Crippen LogP contribution in [0.3, 0.4) is 0 Å². The van der Waals surface area contributed by atoms with Gasteiger partial charge in [0.25, 0.3) is 5.91 Å². The molecule has 2 aromatic carbocycles. The van der Waals surface area contributed by atoms with Gasteiger partial charge in [-0.1, -0.05) is 30.3 Å². The number of nitrogens with zero attached hydrogens (tertiary/aromatic N) is 3. The average Bonchev–Trinajstić information content (AvgIpc) is 3.30. The molecule has 0 saturated carbocycles. The number of benzene rings is 2. The number of ether oxygens (including phenoxy) is 2. The zero-order valence-corrected chi connectivity index (χ0v) is 19.8. The fourth-order valence-electron chi connectivity index (χ4n) is 3.68. The molecule has 0 spiro atoms. The van der Waals surface area contributed by atoms with Crippen molar-refractivity contribution < 1.29 is 19.1 Å². The Bertz CT molecular complexity index is 1130. The molecule has 4 rings (SSSR count). The Balaban J connectivity index is 1.56. The summed E-state index contributed by atoms with van der Waals surface area (Å²) >= 11 is 1.58. The number of likely N-dealkylation sites (N-methyl/N-ethyl adjacent to an activating group) is 1. The van der Waals surface area contributed by atoms with E-state index in [1.54, 1.807) is 37.3 Å². The van der Waals surface area contributed by atoms with E-state index < -0.39 is 6.10 Å². The summed E-state index contributed by atoms with van der Waals surface area (Å²) in [5.41, 5.74) is 3.32. The molecule has 1 aliphatic rings. The predicted molar refractivity (Wildman–Crippen MR) is 128 cm³/mol. The lowest BCUT2D eigenvalue weighted by Gasteiger charge is -2.33.